The number of carbonyl (C=O) groups excluding carboxylic acids is 2. The van der Waals surface area contributed by atoms with Crippen molar-refractivity contribution in [3.8, 4) is 0 Å². The maximum Gasteiger partial charge on any atom is 0.307 e. The molecular weight excluding hydrogens is 344 g/mol. The second kappa shape index (κ2) is 8.44. The van der Waals surface area contributed by atoms with Gasteiger partial charge in [-0.1, -0.05) is 43.3 Å². The van der Waals surface area contributed by atoms with Gasteiger partial charge in [0.25, 0.3) is 0 Å². The second-order valence-electron chi connectivity index (χ2n) is 8.72. The summed E-state index contributed by atoms with van der Waals surface area (Å²) in [5.41, 5.74) is 7.30. The smallest absolute Gasteiger partial charge is 0.307 e. The fourth-order valence-electron chi connectivity index (χ4n) is 5.69. The van der Waals surface area contributed by atoms with Crippen molar-refractivity contribution in [3.05, 3.63) is 11.1 Å². The summed E-state index contributed by atoms with van der Waals surface area (Å²) < 4.78 is 0. The van der Waals surface area contributed by atoms with Crippen LogP contribution in [0.1, 0.15) is 71.6 Å². The van der Waals surface area contributed by atoms with Crippen molar-refractivity contribution in [1.29, 1.82) is 0 Å². The van der Waals surface area contributed by atoms with Crippen LogP contribution in [0.3, 0.4) is 0 Å². The third-order valence-corrected chi connectivity index (χ3v) is 6.84. The number of fused-ring (bicyclic) bond motifs is 2. The van der Waals surface area contributed by atoms with Crippen molar-refractivity contribution in [1.82, 2.24) is 10.9 Å². The van der Waals surface area contributed by atoms with Crippen LogP contribution in [0.25, 0.3) is 0 Å². The first-order valence-corrected chi connectivity index (χ1v) is 10.4. The molecule has 150 valence electrons. The molecule has 27 heavy (non-hydrogen) atoms. The average Bonchev–Trinajstić information content (AvgIpc) is 3.21. The van der Waals surface area contributed by atoms with Crippen LogP contribution in [-0.4, -0.2) is 22.9 Å². The number of carboxylic acid groups (broad SMARTS) is 1. The monoisotopic (exact) mass is 376 g/mol. The quantitative estimate of drug-likeness (QED) is 0.507. The van der Waals surface area contributed by atoms with Crippen LogP contribution in [0.5, 0.6) is 0 Å². The Kier molecular flexibility index (Phi) is 6.22. The normalized spacial score (nSPS) is 30.2. The van der Waals surface area contributed by atoms with E-state index in [0.29, 0.717) is 12.3 Å². The molecule has 0 aromatic heterocycles. The number of hydrogen-bond acceptors (Lipinski definition) is 3. The summed E-state index contributed by atoms with van der Waals surface area (Å²) in [6, 6.07) is 0. The van der Waals surface area contributed by atoms with Gasteiger partial charge in [0.2, 0.25) is 11.8 Å². The van der Waals surface area contributed by atoms with Crippen LogP contribution >= 0.6 is 0 Å². The minimum absolute atomic E-state index is 0.0137. The molecule has 0 aromatic carbocycles. The molecule has 0 radical (unpaired) electrons. The number of carbonyl (C=O) groups is 3. The van der Waals surface area contributed by atoms with E-state index in [2.05, 4.69) is 10.9 Å². The summed E-state index contributed by atoms with van der Waals surface area (Å²) >= 11 is 0. The Morgan fingerprint density at radius 3 is 2.15 bits per heavy atom. The molecule has 2 amide bonds. The lowest BCUT2D eigenvalue weighted by Crippen LogP contribution is -2.48. The second-order valence-corrected chi connectivity index (χ2v) is 8.72. The average molecular weight is 376 g/mol. The Morgan fingerprint density at radius 2 is 1.56 bits per heavy atom. The lowest BCUT2D eigenvalue weighted by atomic mass is 9.79. The van der Waals surface area contributed by atoms with Gasteiger partial charge in [-0.3, -0.25) is 25.2 Å². The molecule has 2 bridgehead atoms. The fraction of sp³-hybridized carbons (Fsp3) is 0.762. The lowest BCUT2D eigenvalue weighted by molar-refractivity contribution is -0.149. The Bertz CT molecular complexity index is 632. The van der Waals surface area contributed by atoms with E-state index in [1.54, 1.807) is 0 Å². The molecule has 3 aliphatic rings. The van der Waals surface area contributed by atoms with Crippen molar-refractivity contribution in [2.75, 3.05) is 0 Å². The SMILES string of the molecule is CC(C)=C1[C@H]2CC[C@@H]1[C@@H](C(=O)NNC(=O)CCC1CCCCC1)[C@H]2C(=O)O. The first-order valence-electron chi connectivity index (χ1n) is 10.4. The zero-order valence-corrected chi connectivity index (χ0v) is 16.4. The molecule has 3 aliphatic carbocycles. The molecule has 0 aliphatic heterocycles. The molecule has 3 N–H and O–H groups in total. The maximum atomic E-state index is 12.7. The number of carboxylic acids is 1. The van der Waals surface area contributed by atoms with Crippen molar-refractivity contribution in [3.63, 3.8) is 0 Å². The fourth-order valence-corrected chi connectivity index (χ4v) is 5.69. The van der Waals surface area contributed by atoms with Gasteiger partial charge < -0.3 is 5.11 Å². The topological polar surface area (TPSA) is 95.5 Å². The van der Waals surface area contributed by atoms with Gasteiger partial charge in [0.05, 0.1) is 11.8 Å². The number of nitrogens with one attached hydrogen (secondary N) is 2. The van der Waals surface area contributed by atoms with Gasteiger partial charge in [0, 0.05) is 6.42 Å². The van der Waals surface area contributed by atoms with Crippen LogP contribution in [0.2, 0.25) is 0 Å². The first kappa shape index (κ1) is 19.9. The number of aliphatic carboxylic acids is 1. The van der Waals surface area contributed by atoms with Crippen molar-refractivity contribution in [2.24, 2.45) is 29.6 Å². The zero-order chi connectivity index (χ0) is 19.6. The van der Waals surface area contributed by atoms with Crippen molar-refractivity contribution in [2.45, 2.75) is 71.6 Å². The van der Waals surface area contributed by atoms with E-state index in [0.717, 1.165) is 30.4 Å². The molecule has 6 heteroatoms. The van der Waals surface area contributed by atoms with E-state index in [1.165, 1.54) is 32.1 Å². The van der Waals surface area contributed by atoms with Crippen LogP contribution in [0.15, 0.2) is 11.1 Å². The van der Waals surface area contributed by atoms with Gasteiger partial charge in [0.1, 0.15) is 0 Å². The Labute approximate surface area is 161 Å². The molecule has 0 heterocycles. The van der Waals surface area contributed by atoms with E-state index < -0.39 is 17.8 Å². The van der Waals surface area contributed by atoms with Crippen molar-refractivity contribution < 1.29 is 19.5 Å². The number of hydrazine groups is 1. The van der Waals surface area contributed by atoms with Gasteiger partial charge in [-0.2, -0.15) is 0 Å². The Hall–Kier alpha value is -1.85. The highest BCUT2D eigenvalue weighted by Crippen LogP contribution is 2.57. The van der Waals surface area contributed by atoms with Gasteiger partial charge in [-0.25, -0.2) is 0 Å². The number of hydrogen-bond donors (Lipinski definition) is 3. The lowest BCUT2D eigenvalue weighted by Gasteiger charge is -2.26. The van der Waals surface area contributed by atoms with Gasteiger partial charge in [-0.05, 0) is 50.9 Å². The molecule has 3 rings (SSSR count). The third-order valence-electron chi connectivity index (χ3n) is 6.84. The molecule has 0 saturated heterocycles. The summed E-state index contributed by atoms with van der Waals surface area (Å²) in [6.45, 7) is 3.99. The number of amides is 2. The van der Waals surface area contributed by atoms with Crippen molar-refractivity contribution >= 4 is 17.8 Å². The van der Waals surface area contributed by atoms with Gasteiger partial charge in [0.15, 0.2) is 0 Å². The van der Waals surface area contributed by atoms with E-state index >= 15 is 0 Å². The molecule has 0 unspecified atom stereocenters. The standard InChI is InChI=1S/C21H32N2O4/c1-12(2)17-14-9-10-15(17)19(21(26)27)18(14)20(25)23-22-16(24)11-8-13-6-4-3-5-7-13/h13-15,18-19H,3-11H2,1-2H3,(H,22,24)(H,23,25)(H,26,27)/t14-,15+,18+,19-/m0/s1. The maximum absolute atomic E-state index is 12.7. The molecule has 0 spiro atoms. The summed E-state index contributed by atoms with van der Waals surface area (Å²) in [7, 11) is 0. The predicted octanol–water partition coefficient (Wildman–Crippen LogP) is 3.19. The van der Waals surface area contributed by atoms with E-state index in [1.807, 2.05) is 13.8 Å². The molecule has 0 aromatic rings. The summed E-state index contributed by atoms with van der Waals surface area (Å²) in [5, 5.41) is 9.67. The minimum Gasteiger partial charge on any atom is -0.481 e. The zero-order valence-electron chi connectivity index (χ0n) is 16.4. The minimum atomic E-state index is -0.912. The largest absolute Gasteiger partial charge is 0.481 e. The third kappa shape index (κ3) is 4.19. The molecule has 3 fully saturated rings. The Balaban J connectivity index is 1.54. The van der Waals surface area contributed by atoms with Gasteiger partial charge >= 0.3 is 5.97 Å². The van der Waals surface area contributed by atoms with Gasteiger partial charge in [-0.15, -0.1) is 0 Å². The van der Waals surface area contributed by atoms with E-state index in [-0.39, 0.29) is 23.7 Å². The summed E-state index contributed by atoms with van der Waals surface area (Å²) in [4.78, 5) is 36.6. The summed E-state index contributed by atoms with van der Waals surface area (Å²) in [5.74, 6) is -2.19. The van der Waals surface area contributed by atoms with Crippen LogP contribution in [-0.2, 0) is 14.4 Å². The van der Waals surface area contributed by atoms with Crippen LogP contribution < -0.4 is 10.9 Å². The molecular formula is C21H32N2O4. The number of allylic oxidation sites excluding steroid dienone is 2. The van der Waals surface area contributed by atoms with Crippen LogP contribution in [0.4, 0.5) is 0 Å². The van der Waals surface area contributed by atoms with Crippen LogP contribution in [0, 0.1) is 29.6 Å². The first-order chi connectivity index (χ1) is 12.9. The molecule has 3 saturated carbocycles. The predicted molar refractivity (Wildman–Crippen MR) is 101 cm³/mol. The highest BCUT2D eigenvalue weighted by Gasteiger charge is 2.57. The highest BCUT2D eigenvalue weighted by molar-refractivity contribution is 5.89. The molecule has 6 nitrogen and oxygen atoms in total. The van der Waals surface area contributed by atoms with E-state index in [9.17, 15) is 19.5 Å². The van der Waals surface area contributed by atoms with E-state index in [4.69, 9.17) is 0 Å². The number of rotatable bonds is 5. The highest BCUT2D eigenvalue weighted by atomic mass is 16.4. The Morgan fingerprint density at radius 1 is 0.926 bits per heavy atom. The molecule has 4 atom stereocenters. The summed E-state index contributed by atoms with van der Waals surface area (Å²) in [6.07, 6.45) is 9.11.